The van der Waals surface area contributed by atoms with Crippen LogP contribution in [0, 0.1) is 0 Å². The fourth-order valence-corrected chi connectivity index (χ4v) is 5.25. The van der Waals surface area contributed by atoms with Gasteiger partial charge in [-0.05, 0) is 51.2 Å². The summed E-state index contributed by atoms with van der Waals surface area (Å²) in [7, 11) is 2.12. The van der Waals surface area contributed by atoms with Crippen molar-refractivity contribution in [2.75, 3.05) is 64.4 Å². The molecular weight excluding hydrogens is 437 g/mol. The van der Waals surface area contributed by atoms with Gasteiger partial charge in [-0.2, -0.15) is 13.2 Å². The van der Waals surface area contributed by atoms with Crippen LogP contribution in [-0.2, 0) is 10.9 Å². The van der Waals surface area contributed by atoms with E-state index in [4.69, 9.17) is 4.74 Å². The van der Waals surface area contributed by atoms with Crippen molar-refractivity contribution in [3.05, 3.63) is 29.8 Å². The average Bonchev–Trinajstić information content (AvgIpc) is 3.13. The Morgan fingerprint density at radius 3 is 2.39 bits per heavy atom. The smallest absolute Gasteiger partial charge is 0.394 e. The van der Waals surface area contributed by atoms with Crippen LogP contribution in [0.3, 0.4) is 0 Å². The quantitative estimate of drug-likeness (QED) is 0.571. The molecule has 0 radical (unpaired) electrons. The van der Waals surface area contributed by atoms with Crippen LogP contribution in [0.5, 0.6) is 0 Å². The number of piperidine rings is 1. The number of hydrogen-bond donors (Lipinski definition) is 3. The van der Waals surface area contributed by atoms with E-state index in [2.05, 4.69) is 22.2 Å². The molecule has 0 bridgehead atoms. The Hall–Kier alpha value is -1.43. The van der Waals surface area contributed by atoms with Gasteiger partial charge in [-0.15, -0.1) is 0 Å². The first kappa shape index (κ1) is 24.7. The highest BCUT2D eigenvalue weighted by Crippen LogP contribution is 2.32. The second-order valence-electron chi connectivity index (χ2n) is 9.43. The van der Waals surface area contributed by atoms with Crippen LogP contribution in [0.4, 0.5) is 18.9 Å². The number of benzene rings is 1. The van der Waals surface area contributed by atoms with E-state index in [1.165, 1.54) is 12.1 Å². The highest BCUT2D eigenvalue weighted by Gasteiger charge is 2.46. The monoisotopic (exact) mass is 472 g/mol. The molecule has 1 aromatic rings. The molecule has 3 heterocycles. The summed E-state index contributed by atoms with van der Waals surface area (Å²) in [6.45, 7) is 4.77. The number of aliphatic hydroxyl groups is 2. The van der Waals surface area contributed by atoms with Gasteiger partial charge in [0.05, 0.1) is 24.3 Å². The lowest BCUT2D eigenvalue weighted by Gasteiger charge is -2.41. The van der Waals surface area contributed by atoms with Gasteiger partial charge in [0.1, 0.15) is 12.2 Å². The summed E-state index contributed by atoms with van der Waals surface area (Å²) in [5, 5.41) is 24.1. The number of nitrogens with zero attached hydrogens (tertiary/aromatic N) is 3. The van der Waals surface area contributed by atoms with E-state index in [-0.39, 0.29) is 18.8 Å². The average molecular weight is 473 g/mol. The van der Waals surface area contributed by atoms with Crippen molar-refractivity contribution in [2.24, 2.45) is 0 Å². The van der Waals surface area contributed by atoms with Gasteiger partial charge in [-0.25, -0.2) is 0 Å². The number of rotatable bonds is 6. The van der Waals surface area contributed by atoms with E-state index in [0.717, 1.165) is 32.0 Å². The van der Waals surface area contributed by atoms with Crippen molar-refractivity contribution in [1.29, 1.82) is 0 Å². The largest absolute Gasteiger partial charge is 0.416 e. The maximum atomic E-state index is 13.1. The zero-order chi connectivity index (χ0) is 23.6. The van der Waals surface area contributed by atoms with Gasteiger partial charge in [0.25, 0.3) is 0 Å². The molecule has 1 aromatic carbocycles. The van der Waals surface area contributed by atoms with Gasteiger partial charge in [0, 0.05) is 44.5 Å². The molecule has 3 N–H and O–H groups in total. The molecule has 33 heavy (non-hydrogen) atoms. The second-order valence-corrected chi connectivity index (χ2v) is 9.43. The minimum absolute atomic E-state index is 0.243. The van der Waals surface area contributed by atoms with Gasteiger partial charge in [-0.1, -0.05) is 6.07 Å². The number of alkyl halides is 3. The number of piperazine rings is 1. The summed E-state index contributed by atoms with van der Waals surface area (Å²) in [4.78, 5) is 6.41. The standard InChI is InChI=1S/C23H35F3N4O3/c1-28-7-5-17(6-8-28)27-14-19-21(22(32)20(15-31)33-19)30-11-9-29(10-12-30)18-4-2-3-16(13-18)23(24,25)26/h2-4,13,17,19-22,27,31-32H,5-12,14-15H2,1H3. The molecule has 186 valence electrons. The molecule has 3 fully saturated rings. The van der Waals surface area contributed by atoms with Gasteiger partial charge < -0.3 is 30.1 Å². The third kappa shape index (κ3) is 5.80. The number of aliphatic hydroxyl groups excluding tert-OH is 2. The molecule has 0 aliphatic carbocycles. The normalized spacial score (nSPS) is 30.8. The van der Waals surface area contributed by atoms with Crippen molar-refractivity contribution in [1.82, 2.24) is 15.1 Å². The molecule has 0 saturated carbocycles. The Balaban J connectivity index is 1.36. The minimum Gasteiger partial charge on any atom is -0.394 e. The zero-order valence-corrected chi connectivity index (χ0v) is 19.0. The molecule has 10 heteroatoms. The zero-order valence-electron chi connectivity index (χ0n) is 19.0. The molecule has 0 aromatic heterocycles. The Bertz CT molecular complexity index is 768. The van der Waals surface area contributed by atoms with Crippen LogP contribution in [-0.4, -0.2) is 110 Å². The Kier molecular flexibility index (Phi) is 7.82. The Morgan fingerprint density at radius 1 is 1.06 bits per heavy atom. The molecule has 4 unspecified atom stereocenters. The van der Waals surface area contributed by atoms with Crippen molar-refractivity contribution in [3.63, 3.8) is 0 Å². The van der Waals surface area contributed by atoms with Gasteiger partial charge in [0.15, 0.2) is 0 Å². The van der Waals surface area contributed by atoms with Crippen LogP contribution in [0.15, 0.2) is 24.3 Å². The van der Waals surface area contributed by atoms with Crippen LogP contribution < -0.4 is 10.2 Å². The van der Waals surface area contributed by atoms with Crippen LogP contribution in [0.2, 0.25) is 0 Å². The molecule has 3 saturated heterocycles. The Morgan fingerprint density at radius 2 is 1.76 bits per heavy atom. The fraction of sp³-hybridized carbons (Fsp3) is 0.739. The predicted molar refractivity (Wildman–Crippen MR) is 119 cm³/mol. The molecule has 7 nitrogen and oxygen atoms in total. The number of likely N-dealkylation sites (tertiary alicyclic amines) is 1. The van der Waals surface area contributed by atoms with Crippen LogP contribution in [0.25, 0.3) is 0 Å². The summed E-state index contributed by atoms with van der Waals surface area (Å²) in [5.74, 6) is 0. The van der Waals surface area contributed by atoms with Crippen molar-refractivity contribution in [2.45, 2.75) is 49.4 Å². The van der Waals surface area contributed by atoms with Crippen molar-refractivity contribution in [3.8, 4) is 0 Å². The van der Waals surface area contributed by atoms with E-state index in [0.29, 0.717) is 44.5 Å². The first-order chi connectivity index (χ1) is 15.8. The van der Waals surface area contributed by atoms with Crippen molar-refractivity contribution < 1.29 is 28.1 Å². The van der Waals surface area contributed by atoms with Gasteiger partial charge >= 0.3 is 6.18 Å². The first-order valence-electron chi connectivity index (χ1n) is 11.8. The second kappa shape index (κ2) is 10.5. The third-order valence-electron chi connectivity index (χ3n) is 7.24. The highest BCUT2D eigenvalue weighted by molar-refractivity contribution is 5.49. The van der Waals surface area contributed by atoms with Crippen molar-refractivity contribution >= 4 is 5.69 Å². The van der Waals surface area contributed by atoms with E-state index in [1.54, 1.807) is 6.07 Å². The van der Waals surface area contributed by atoms with E-state index < -0.39 is 23.9 Å². The summed E-state index contributed by atoms with van der Waals surface area (Å²) < 4.78 is 45.3. The maximum absolute atomic E-state index is 13.1. The molecule has 0 spiro atoms. The van der Waals surface area contributed by atoms with Crippen LogP contribution >= 0.6 is 0 Å². The number of halogens is 3. The van der Waals surface area contributed by atoms with E-state index in [9.17, 15) is 23.4 Å². The molecule has 3 aliphatic rings. The summed E-state index contributed by atoms with van der Waals surface area (Å²) in [5.41, 5.74) is -0.0886. The summed E-state index contributed by atoms with van der Waals surface area (Å²) in [6, 6.07) is 5.57. The topological polar surface area (TPSA) is 71.4 Å². The van der Waals surface area contributed by atoms with Gasteiger partial charge in [0.2, 0.25) is 0 Å². The molecule has 4 rings (SSSR count). The lowest BCUT2D eigenvalue weighted by Crippen LogP contribution is -2.58. The molecule has 4 atom stereocenters. The summed E-state index contributed by atoms with van der Waals surface area (Å²) >= 11 is 0. The van der Waals surface area contributed by atoms with Crippen LogP contribution in [0.1, 0.15) is 18.4 Å². The minimum atomic E-state index is -4.36. The molecular formula is C23H35F3N4O3. The number of ether oxygens (including phenoxy) is 1. The highest BCUT2D eigenvalue weighted by atomic mass is 19.4. The van der Waals surface area contributed by atoms with E-state index in [1.807, 2.05) is 4.90 Å². The first-order valence-corrected chi connectivity index (χ1v) is 11.8. The summed E-state index contributed by atoms with van der Waals surface area (Å²) in [6.07, 6.45) is -3.92. The lowest BCUT2D eigenvalue weighted by molar-refractivity contribution is -0.137. The number of nitrogens with one attached hydrogen (secondary N) is 1. The predicted octanol–water partition coefficient (Wildman–Crippen LogP) is 1.00. The lowest BCUT2D eigenvalue weighted by atomic mass is 10.00. The third-order valence-corrected chi connectivity index (χ3v) is 7.24. The number of anilines is 1. The maximum Gasteiger partial charge on any atom is 0.416 e. The molecule has 0 amide bonds. The number of hydrogen-bond acceptors (Lipinski definition) is 7. The van der Waals surface area contributed by atoms with Gasteiger partial charge in [-0.3, -0.25) is 4.90 Å². The van der Waals surface area contributed by atoms with E-state index >= 15 is 0 Å². The SMILES string of the molecule is CN1CCC(NCC2OC(CO)C(O)C2N2CCN(c3cccc(C(F)(F)F)c3)CC2)CC1. The Labute approximate surface area is 193 Å². The fourth-order valence-electron chi connectivity index (χ4n) is 5.25. The molecule has 3 aliphatic heterocycles.